The lowest BCUT2D eigenvalue weighted by Gasteiger charge is -2.33. The molecule has 0 spiro atoms. The first kappa shape index (κ1) is 16.8. The number of piperidine rings is 1. The van der Waals surface area contributed by atoms with E-state index in [1.807, 2.05) is 16.4 Å². The molecule has 1 aliphatic heterocycles. The van der Waals surface area contributed by atoms with E-state index in [1.165, 1.54) is 12.1 Å². The van der Waals surface area contributed by atoms with Gasteiger partial charge in [0, 0.05) is 31.6 Å². The standard InChI is InChI=1S/C15H18N6O4/c1-2-18-10-16-17-15(18)11-4-3-7-19(9-11)13-6-5-12(20(22)23)8-14(13)21(24)25/h5-6,8,10-11H,2-4,7,9H2,1H3. The molecule has 3 rings (SSSR count). The molecule has 0 saturated carbocycles. The molecule has 1 aromatic carbocycles. The van der Waals surface area contributed by atoms with Crippen molar-refractivity contribution in [3.8, 4) is 0 Å². The Balaban J connectivity index is 1.91. The van der Waals surface area contributed by atoms with E-state index < -0.39 is 9.85 Å². The lowest BCUT2D eigenvalue weighted by Crippen LogP contribution is -2.35. The Morgan fingerprint density at radius 1 is 1.28 bits per heavy atom. The third-order valence-electron chi connectivity index (χ3n) is 4.48. The third kappa shape index (κ3) is 3.28. The van der Waals surface area contributed by atoms with Crippen LogP contribution in [0.4, 0.5) is 17.1 Å². The molecule has 1 fully saturated rings. The number of aryl methyl sites for hydroxylation is 1. The highest BCUT2D eigenvalue weighted by atomic mass is 16.6. The van der Waals surface area contributed by atoms with Crippen LogP contribution in [0.15, 0.2) is 24.5 Å². The van der Waals surface area contributed by atoms with Gasteiger partial charge in [-0.05, 0) is 25.8 Å². The van der Waals surface area contributed by atoms with Gasteiger partial charge in [0.15, 0.2) is 0 Å². The summed E-state index contributed by atoms with van der Waals surface area (Å²) in [6.07, 6.45) is 3.47. The van der Waals surface area contributed by atoms with Gasteiger partial charge in [-0.1, -0.05) is 0 Å². The minimum atomic E-state index is -0.625. The van der Waals surface area contributed by atoms with Crippen molar-refractivity contribution in [1.82, 2.24) is 14.8 Å². The van der Waals surface area contributed by atoms with Crippen molar-refractivity contribution in [3.63, 3.8) is 0 Å². The predicted octanol–water partition coefficient (Wildman–Crippen LogP) is 2.50. The molecular weight excluding hydrogens is 328 g/mol. The summed E-state index contributed by atoms with van der Waals surface area (Å²) in [5.41, 5.74) is -0.121. The first-order valence-electron chi connectivity index (χ1n) is 8.06. The van der Waals surface area contributed by atoms with Crippen LogP contribution < -0.4 is 4.90 Å². The summed E-state index contributed by atoms with van der Waals surface area (Å²) in [6, 6.07) is 3.79. The molecule has 1 aromatic heterocycles. The number of aromatic nitrogens is 3. The van der Waals surface area contributed by atoms with E-state index in [9.17, 15) is 20.2 Å². The van der Waals surface area contributed by atoms with Crippen LogP contribution in [-0.4, -0.2) is 37.7 Å². The average molecular weight is 346 g/mol. The Morgan fingerprint density at radius 2 is 2.08 bits per heavy atom. The molecule has 2 aromatic rings. The van der Waals surface area contributed by atoms with Gasteiger partial charge in [-0.15, -0.1) is 10.2 Å². The van der Waals surface area contributed by atoms with E-state index in [2.05, 4.69) is 10.2 Å². The lowest BCUT2D eigenvalue weighted by atomic mass is 9.96. The summed E-state index contributed by atoms with van der Waals surface area (Å²) in [7, 11) is 0. The van der Waals surface area contributed by atoms with Crippen molar-refractivity contribution >= 4 is 17.1 Å². The van der Waals surface area contributed by atoms with Crippen LogP contribution in [0.1, 0.15) is 31.5 Å². The maximum absolute atomic E-state index is 11.4. The van der Waals surface area contributed by atoms with E-state index in [1.54, 1.807) is 6.33 Å². The maximum atomic E-state index is 11.4. The maximum Gasteiger partial charge on any atom is 0.299 e. The second-order valence-electron chi connectivity index (χ2n) is 5.95. The van der Waals surface area contributed by atoms with E-state index >= 15 is 0 Å². The van der Waals surface area contributed by atoms with Crippen molar-refractivity contribution < 1.29 is 9.85 Å². The van der Waals surface area contributed by atoms with E-state index in [4.69, 9.17) is 0 Å². The fourth-order valence-electron chi connectivity index (χ4n) is 3.27. The van der Waals surface area contributed by atoms with Gasteiger partial charge in [-0.2, -0.15) is 0 Å². The van der Waals surface area contributed by atoms with Gasteiger partial charge in [-0.25, -0.2) is 0 Å². The van der Waals surface area contributed by atoms with E-state index in [-0.39, 0.29) is 17.3 Å². The minimum Gasteiger partial charge on any atom is -0.365 e. The highest BCUT2D eigenvalue weighted by molar-refractivity contribution is 5.67. The third-order valence-corrected chi connectivity index (χ3v) is 4.48. The molecule has 0 bridgehead atoms. The SMILES string of the molecule is CCn1cnnc1C1CCCN(c2ccc([N+](=O)[O-])cc2[N+](=O)[O-])C1. The number of nitrogens with zero attached hydrogens (tertiary/aromatic N) is 6. The molecule has 1 unspecified atom stereocenters. The fourth-order valence-corrected chi connectivity index (χ4v) is 3.27. The Labute approximate surface area is 143 Å². The van der Waals surface area contributed by atoms with E-state index in [0.717, 1.165) is 31.3 Å². The Bertz CT molecular complexity index is 805. The van der Waals surface area contributed by atoms with Gasteiger partial charge in [0.05, 0.1) is 15.9 Å². The summed E-state index contributed by atoms with van der Waals surface area (Å²) >= 11 is 0. The van der Waals surface area contributed by atoms with Gasteiger partial charge in [-0.3, -0.25) is 20.2 Å². The molecule has 0 amide bonds. The molecule has 1 saturated heterocycles. The largest absolute Gasteiger partial charge is 0.365 e. The fraction of sp³-hybridized carbons (Fsp3) is 0.467. The van der Waals surface area contributed by atoms with Crippen molar-refractivity contribution in [2.75, 3.05) is 18.0 Å². The number of nitro groups is 2. The van der Waals surface area contributed by atoms with Gasteiger partial charge in [0.25, 0.3) is 11.4 Å². The quantitative estimate of drug-likeness (QED) is 0.602. The minimum absolute atomic E-state index is 0.117. The van der Waals surface area contributed by atoms with Crippen LogP contribution in [0, 0.1) is 20.2 Å². The van der Waals surface area contributed by atoms with Crippen LogP contribution in [0.5, 0.6) is 0 Å². The number of anilines is 1. The molecule has 10 heteroatoms. The molecule has 0 radical (unpaired) electrons. The molecule has 1 atom stereocenters. The summed E-state index contributed by atoms with van der Waals surface area (Å²) in [5.74, 6) is 0.989. The van der Waals surface area contributed by atoms with Crippen LogP contribution >= 0.6 is 0 Å². The second kappa shape index (κ2) is 6.83. The van der Waals surface area contributed by atoms with Crippen molar-refractivity contribution in [1.29, 1.82) is 0 Å². The lowest BCUT2D eigenvalue weighted by molar-refractivity contribution is -0.393. The van der Waals surface area contributed by atoms with E-state index in [0.29, 0.717) is 18.8 Å². The monoisotopic (exact) mass is 346 g/mol. The number of benzene rings is 1. The number of hydrogen-bond acceptors (Lipinski definition) is 7. The average Bonchev–Trinajstić information content (AvgIpc) is 3.10. The zero-order chi connectivity index (χ0) is 18.0. The molecule has 10 nitrogen and oxygen atoms in total. The summed E-state index contributed by atoms with van der Waals surface area (Å²) in [5, 5.41) is 30.4. The number of nitro benzene ring substituents is 2. The van der Waals surface area contributed by atoms with Crippen LogP contribution in [-0.2, 0) is 6.54 Å². The zero-order valence-corrected chi connectivity index (χ0v) is 13.7. The highest BCUT2D eigenvalue weighted by Crippen LogP contribution is 2.36. The molecule has 0 aliphatic carbocycles. The van der Waals surface area contributed by atoms with Crippen LogP contribution in [0.2, 0.25) is 0 Å². The number of rotatable bonds is 5. The van der Waals surface area contributed by atoms with Crippen LogP contribution in [0.3, 0.4) is 0 Å². The smallest absolute Gasteiger partial charge is 0.299 e. The molecule has 0 N–H and O–H groups in total. The first-order valence-corrected chi connectivity index (χ1v) is 8.06. The molecule has 2 heterocycles. The Morgan fingerprint density at radius 3 is 2.76 bits per heavy atom. The zero-order valence-electron chi connectivity index (χ0n) is 13.7. The van der Waals surface area contributed by atoms with Crippen molar-refractivity contribution in [2.24, 2.45) is 0 Å². The number of non-ortho nitro benzene ring substituents is 1. The highest BCUT2D eigenvalue weighted by Gasteiger charge is 2.30. The van der Waals surface area contributed by atoms with Crippen molar-refractivity contribution in [2.45, 2.75) is 32.2 Å². The molecule has 25 heavy (non-hydrogen) atoms. The predicted molar refractivity (Wildman–Crippen MR) is 89.6 cm³/mol. The Hall–Kier alpha value is -3.04. The van der Waals surface area contributed by atoms with Gasteiger partial charge in [0.2, 0.25) is 0 Å². The molecular formula is C15H18N6O4. The summed E-state index contributed by atoms with van der Waals surface area (Å²) in [6.45, 7) is 4.00. The summed E-state index contributed by atoms with van der Waals surface area (Å²) < 4.78 is 1.97. The molecule has 1 aliphatic rings. The summed E-state index contributed by atoms with van der Waals surface area (Å²) in [4.78, 5) is 23.0. The first-order chi connectivity index (χ1) is 12.0. The second-order valence-corrected chi connectivity index (χ2v) is 5.95. The normalized spacial score (nSPS) is 17.5. The van der Waals surface area contributed by atoms with Gasteiger partial charge < -0.3 is 9.47 Å². The van der Waals surface area contributed by atoms with Gasteiger partial charge in [0.1, 0.15) is 17.8 Å². The topological polar surface area (TPSA) is 120 Å². The number of hydrogen-bond donors (Lipinski definition) is 0. The Kier molecular flexibility index (Phi) is 4.59. The van der Waals surface area contributed by atoms with Gasteiger partial charge >= 0.3 is 0 Å². The van der Waals surface area contributed by atoms with Crippen LogP contribution in [0.25, 0.3) is 0 Å². The van der Waals surface area contributed by atoms with Crippen molar-refractivity contribution in [3.05, 3.63) is 50.6 Å². The molecule has 132 valence electrons.